The lowest BCUT2D eigenvalue weighted by Crippen LogP contribution is -2.34. The summed E-state index contributed by atoms with van der Waals surface area (Å²) in [5.74, 6) is -0.110. The molecule has 0 radical (unpaired) electrons. The highest BCUT2D eigenvalue weighted by atomic mass is 35.5. The minimum absolute atomic E-state index is 0.102. The van der Waals surface area contributed by atoms with Gasteiger partial charge in [0.05, 0.1) is 4.90 Å². The molecule has 7 heteroatoms. The van der Waals surface area contributed by atoms with Crippen molar-refractivity contribution in [2.75, 3.05) is 13.1 Å². The minimum atomic E-state index is -3.62. The maximum atomic E-state index is 12.1. The van der Waals surface area contributed by atoms with Gasteiger partial charge in [0.25, 0.3) is 0 Å². The summed E-state index contributed by atoms with van der Waals surface area (Å²) in [6.07, 6.45) is 1.02. The first-order chi connectivity index (χ1) is 11.5. The fraction of sp³-hybridized carbons (Fsp3) is 0.235. The van der Waals surface area contributed by atoms with Gasteiger partial charge in [-0.25, -0.2) is 13.1 Å². The highest BCUT2D eigenvalue weighted by Crippen LogP contribution is 2.14. The molecule has 2 rings (SSSR count). The Morgan fingerprint density at radius 2 is 1.75 bits per heavy atom. The number of benzene rings is 2. The minimum Gasteiger partial charge on any atom is -0.355 e. The van der Waals surface area contributed by atoms with Gasteiger partial charge in [0.1, 0.15) is 0 Å². The largest absolute Gasteiger partial charge is 0.355 e. The molecule has 0 saturated carbocycles. The normalized spacial score (nSPS) is 11.2. The van der Waals surface area contributed by atoms with Crippen LogP contribution in [0.15, 0.2) is 59.5 Å². The van der Waals surface area contributed by atoms with E-state index >= 15 is 0 Å². The molecule has 2 N–H and O–H groups in total. The average Bonchev–Trinajstić information content (AvgIpc) is 2.58. The number of carbonyl (C=O) groups excluding carboxylic acids is 1. The van der Waals surface area contributed by atoms with Crippen molar-refractivity contribution in [1.82, 2.24) is 10.0 Å². The Balaban J connectivity index is 1.71. The number of sulfonamides is 1. The van der Waals surface area contributed by atoms with Crippen molar-refractivity contribution in [3.8, 4) is 0 Å². The van der Waals surface area contributed by atoms with Crippen molar-refractivity contribution < 1.29 is 13.2 Å². The lowest BCUT2D eigenvalue weighted by molar-refractivity contribution is -0.121. The zero-order valence-electron chi connectivity index (χ0n) is 13.0. The third kappa shape index (κ3) is 5.96. The first-order valence-electron chi connectivity index (χ1n) is 7.53. The van der Waals surface area contributed by atoms with Crippen LogP contribution in [0.2, 0.25) is 5.02 Å². The lowest BCUT2D eigenvalue weighted by atomic mass is 10.1. The molecular formula is C17H19ClN2O3S. The van der Waals surface area contributed by atoms with Gasteiger partial charge in [0, 0.05) is 24.5 Å². The van der Waals surface area contributed by atoms with Gasteiger partial charge in [0.15, 0.2) is 0 Å². The molecule has 0 spiro atoms. The summed E-state index contributed by atoms with van der Waals surface area (Å²) in [5, 5.41) is 3.05. The molecule has 0 aromatic heterocycles. The number of aryl methyl sites for hydroxylation is 1. The quantitative estimate of drug-likeness (QED) is 0.704. The highest BCUT2D eigenvalue weighted by Gasteiger charge is 2.13. The van der Waals surface area contributed by atoms with E-state index in [0.717, 1.165) is 5.56 Å². The Morgan fingerprint density at radius 3 is 2.46 bits per heavy atom. The van der Waals surface area contributed by atoms with E-state index in [2.05, 4.69) is 10.0 Å². The van der Waals surface area contributed by atoms with Gasteiger partial charge in [-0.3, -0.25) is 4.79 Å². The standard InChI is InChI=1S/C17H19ClN2O3S/c18-15-7-4-8-16(13-15)24(22,23)20-12-11-19-17(21)10-9-14-5-2-1-3-6-14/h1-8,13,20H,9-12H2,(H,19,21). The van der Waals surface area contributed by atoms with E-state index in [0.29, 0.717) is 17.9 Å². The molecule has 0 aliphatic rings. The van der Waals surface area contributed by atoms with Crippen molar-refractivity contribution in [1.29, 1.82) is 0 Å². The zero-order valence-corrected chi connectivity index (χ0v) is 14.6. The van der Waals surface area contributed by atoms with Crippen LogP contribution in [0.1, 0.15) is 12.0 Å². The van der Waals surface area contributed by atoms with Crippen LogP contribution in [0.25, 0.3) is 0 Å². The monoisotopic (exact) mass is 366 g/mol. The smallest absolute Gasteiger partial charge is 0.240 e. The summed E-state index contributed by atoms with van der Waals surface area (Å²) in [7, 11) is -3.62. The third-order valence-electron chi connectivity index (χ3n) is 3.33. The number of nitrogens with one attached hydrogen (secondary N) is 2. The van der Waals surface area contributed by atoms with Crippen LogP contribution in [0.4, 0.5) is 0 Å². The Labute approximate surface area is 147 Å². The van der Waals surface area contributed by atoms with E-state index in [1.54, 1.807) is 12.1 Å². The second-order valence-corrected chi connectivity index (χ2v) is 7.39. The van der Waals surface area contributed by atoms with Gasteiger partial charge in [-0.15, -0.1) is 0 Å². The molecular weight excluding hydrogens is 348 g/mol. The molecule has 0 bridgehead atoms. The van der Waals surface area contributed by atoms with E-state index in [9.17, 15) is 13.2 Å². The second-order valence-electron chi connectivity index (χ2n) is 5.19. The van der Waals surface area contributed by atoms with E-state index in [1.807, 2.05) is 30.3 Å². The van der Waals surface area contributed by atoms with E-state index in [-0.39, 0.29) is 23.9 Å². The molecule has 0 heterocycles. The van der Waals surface area contributed by atoms with Crippen LogP contribution < -0.4 is 10.0 Å². The third-order valence-corrected chi connectivity index (χ3v) is 5.02. The van der Waals surface area contributed by atoms with Crippen molar-refractivity contribution in [3.05, 3.63) is 65.2 Å². The fourth-order valence-corrected chi connectivity index (χ4v) is 3.43. The molecule has 0 saturated heterocycles. The van der Waals surface area contributed by atoms with Gasteiger partial charge >= 0.3 is 0 Å². The number of carbonyl (C=O) groups is 1. The maximum absolute atomic E-state index is 12.1. The van der Waals surface area contributed by atoms with Gasteiger partial charge < -0.3 is 5.32 Å². The molecule has 0 unspecified atom stereocenters. The van der Waals surface area contributed by atoms with Gasteiger partial charge in [0.2, 0.25) is 15.9 Å². The zero-order chi connectivity index (χ0) is 17.4. The Kier molecular flexibility index (Phi) is 6.78. The lowest BCUT2D eigenvalue weighted by Gasteiger charge is -2.08. The topological polar surface area (TPSA) is 75.3 Å². The molecule has 2 aromatic carbocycles. The van der Waals surface area contributed by atoms with Crippen LogP contribution in [-0.2, 0) is 21.2 Å². The average molecular weight is 367 g/mol. The second kappa shape index (κ2) is 8.82. The van der Waals surface area contributed by atoms with E-state index in [1.165, 1.54) is 12.1 Å². The van der Waals surface area contributed by atoms with Crippen LogP contribution in [0.5, 0.6) is 0 Å². The molecule has 0 aliphatic heterocycles. The van der Waals surface area contributed by atoms with Crippen molar-refractivity contribution >= 4 is 27.5 Å². The fourth-order valence-electron chi connectivity index (χ4n) is 2.10. The summed E-state index contributed by atoms with van der Waals surface area (Å²) in [6.45, 7) is 0.347. The van der Waals surface area contributed by atoms with Gasteiger partial charge in [-0.2, -0.15) is 0 Å². The maximum Gasteiger partial charge on any atom is 0.240 e. The molecule has 24 heavy (non-hydrogen) atoms. The Bertz CT molecular complexity index is 779. The summed E-state index contributed by atoms with van der Waals surface area (Å²) in [6, 6.07) is 15.7. The van der Waals surface area contributed by atoms with Crippen LogP contribution in [0, 0.1) is 0 Å². The Hall–Kier alpha value is -1.89. The van der Waals surface area contributed by atoms with Gasteiger partial charge in [-0.1, -0.05) is 48.0 Å². The number of rotatable bonds is 8. The van der Waals surface area contributed by atoms with Crippen LogP contribution in [0.3, 0.4) is 0 Å². The number of halogens is 1. The molecule has 0 atom stereocenters. The SMILES string of the molecule is O=C(CCc1ccccc1)NCCNS(=O)(=O)c1cccc(Cl)c1. The molecule has 2 aromatic rings. The number of hydrogen-bond acceptors (Lipinski definition) is 3. The predicted molar refractivity (Wildman–Crippen MR) is 94.4 cm³/mol. The summed E-state index contributed by atoms with van der Waals surface area (Å²) < 4.78 is 26.5. The Morgan fingerprint density at radius 1 is 1.00 bits per heavy atom. The molecule has 1 amide bonds. The van der Waals surface area contributed by atoms with Gasteiger partial charge in [-0.05, 0) is 30.2 Å². The molecule has 128 valence electrons. The van der Waals surface area contributed by atoms with Crippen molar-refractivity contribution in [2.45, 2.75) is 17.7 Å². The first-order valence-corrected chi connectivity index (χ1v) is 9.39. The van der Waals surface area contributed by atoms with Crippen molar-refractivity contribution in [2.24, 2.45) is 0 Å². The molecule has 0 fully saturated rings. The van der Waals surface area contributed by atoms with Crippen molar-refractivity contribution in [3.63, 3.8) is 0 Å². The first kappa shape index (κ1) is 18.4. The highest BCUT2D eigenvalue weighted by molar-refractivity contribution is 7.89. The van der Waals surface area contributed by atoms with Crippen LogP contribution >= 0.6 is 11.6 Å². The molecule has 0 aliphatic carbocycles. The van der Waals surface area contributed by atoms with E-state index in [4.69, 9.17) is 11.6 Å². The van der Waals surface area contributed by atoms with E-state index < -0.39 is 10.0 Å². The van der Waals surface area contributed by atoms with Crippen LogP contribution in [-0.4, -0.2) is 27.4 Å². The summed E-state index contributed by atoms with van der Waals surface area (Å²) >= 11 is 5.79. The molecule has 5 nitrogen and oxygen atoms in total. The summed E-state index contributed by atoms with van der Waals surface area (Å²) in [4.78, 5) is 11.9. The number of amides is 1. The predicted octanol–water partition coefficient (Wildman–Crippen LogP) is 2.37. The number of hydrogen-bond donors (Lipinski definition) is 2. The summed E-state index contributed by atoms with van der Waals surface area (Å²) in [5.41, 5.74) is 1.09.